The Morgan fingerprint density at radius 2 is 1.48 bits per heavy atom. The van der Waals surface area contributed by atoms with Gasteiger partial charge in [0, 0.05) is 42.9 Å². The monoisotopic (exact) mass is 591 g/mol. The molecule has 5 aliphatic rings. The third kappa shape index (κ3) is 4.95. The fraction of sp³-hybridized carbons (Fsp3) is 0.630. The minimum Gasteiger partial charge on any atom is -0.341 e. The average molecular weight is 592 g/mol. The van der Waals surface area contributed by atoms with E-state index in [0.717, 1.165) is 64.2 Å². The SMILES string of the molecule is O=C(Nc1ccc(S(=O)(=O)Nc2nccs2)cc1)C1O[C@@H]2OC3(CCCCC3)O[C@@H]2[C@H]2OC3(CCCCC3)O[C@@H]12. The molecule has 2 saturated carbocycles. The molecule has 1 aromatic carbocycles. The van der Waals surface area contributed by atoms with Gasteiger partial charge >= 0.3 is 0 Å². The Morgan fingerprint density at radius 3 is 2.12 bits per heavy atom. The van der Waals surface area contributed by atoms with Crippen LogP contribution in [0.25, 0.3) is 0 Å². The number of sulfonamides is 1. The molecule has 2 spiro atoms. The number of hydrogen-bond donors (Lipinski definition) is 2. The Morgan fingerprint density at radius 1 is 0.850 bits per heavy atom. The van der Waals surface area contributed by atoms with E-state index in [0.29, 0.717) is 5.69 Å². The maximum Gasteiger partial charge on any atom is 0.263 e. The molecule has 1 unspecified atom stereocenters. The molecule has 1 amide bonds. The van der Waals surface area contributed by atoms with Gasteiger partial charge in [0.05, 0.1) is 4.90 Å². The van der Waals surface area contributed by atoms with Crippen LogP contribution in [0, 0.1) is 0 Å². The Balaban J connectivity index is 1.09. The van der Waals surface area contributed by atoms with Crippen LogP contribution in [0.1, 0.15) is 64.2 Å². The molecular weight excluding hydrogens is 558 g/mol. The summed E-state index contributed by atoms with van der Waals surface area (Å²) >= 11 is 1.19. The number of nitrogens with one attached hydrogen (secondary N) is 2. The summed E-state index contributed by atoms with van der Waals surface area (Å²) in [6.45, 7) is 0. The summed E-state index contributed by atoms with van der Waals surface area (Å²) in [6, 6.07) is 5.94. The number of rotatable bonds is 5. The maximum absolute atomic E-state index is 13.6. The van der Waals surface area contributed by atoms with Gasteiger partial charge in [-0.25, -0.2) is 13.4 Å². The van der Waals surface area contributed by atoms with Crippen LogP contribution in [-0.2, 0) is 38.5 Å². The topological polar surface area (TPSA) is 134 Å². The average Bonchev–Trinajstić information content (AvgIpc) is 3.67. The zero-order valence-electron chi connectivity index (χ0n) is 22.0. The molecular formula is C27H33N3O8S2. The van der Waals surface area contributed by atoms with E-state index in [9.17, 15) is 13.2 Å². The highest BCUT2D eigenvalue weighted by Crippen LogP contribution is 2.51. The van der Waals surface area contributed by atoms with Gasteiger partial charge in [-0.3, -0.25) is 9.52 Å². The number of carbonyl (C=O) groups is 1. The van der Waals surface area contributed by atoms with Crippen LogP contribution in [0.3, 0.4) is 0 Å². The van der Waals surface area contributed by atoms with Crippen LogP contribution in [-0.4, -0.2) is 61.6 Å². The standard InChI is InChI=1S/C27H33N3O8S2/c31-23(29-17-7-9-18(10-8-17)40(32,33)30-25-28-15-16-39-25)21-19-20(36-26(35-19)11-3-1-4-12-26)22-24(34-21)38-27(37-22)13-5-2-6-14-27/h7-10,15-16,19-22,24H,1-6,11-14H2,(H,28,30)(H,29,31)/t19-,20+,21?,22-,24-/m1/s1. The van der Waals surface area contributed by atoms with Gasteiger partial charge in [0.25, 0.3) is 15.9 Å². The number of carbonyl (C=O) groups excluding carboxylic acids is 1. The van der Waals surface area contributed by atoms with Crippen molar-refractivity contribution in [3.05, 3.63) is 35.8 Å². The molecule has 0 bridgehead atoms. The molecule has 2 aliphatic carbocycles. The number of thiazole rings is 1. The van der Waals surface area contributed by atoms with E-state index in [4.69, 9.17) is 23.7 Å². The van der Waals surface area contributed by atoms with Gasteiger partial charge < -0.3 is 29.0 Å². The zero-order chi connectivity index (χ0) is 27.4. The molecule has 1 aromatic heterocycles. The largest absolute Gasteiger partial charge is 0.341 e. The Bertz CT molecular complexity index is 1320. The van der Waals surface area contributed by atoms with E-state index in [1.165, 1.54) is 41.8 Å². The zero-order valence-corrected chi connectivity index (χ0v) is 23.6. The smallest absolute Gasteiger partial charge is 0.263 e. The first-order valence-corrected chi connectivity index (χ1v) is 16.4. The van der Waals surface area contributed by atoms with Gasteiger partial charge in [0.15, 0.2) is 29.1 Å². The van der Waals surface area contributed by atoms with E-state index in [-0.39, 0.29) is 10.0 Å². The summed E-state index contributed by atoms with van der Waals surface area (Å²) < 4.78 is 60.1. The van der Waals surface area contributed by atoms with Gasteiger partial charge in [0.1, 0.15) is 18.3 Å². The Labute approximate surface area is 236 Å². The van der Waals surface area contributed by atoms with Crippen molar-refractivity contribution in [2.24, 2.45) is 0 Å². The third-order valence-electron chi connectivity index (χ3n) is 8.45. The van der Waals surface area contributed by atoms with Crippen molar-refractivity contribution in [3.8, 4) is 0 Å². The minimum atomic E-state index is -3.81. The first-order valence-electron chi connectivity index (χ1n) is 14.0. The molecule has 13 heteroatoms. The second kappa shape index (κ2) is 10.3. The summed E-state index contributed by atoms with van der Waals surface area (Å²) in [5.41, 5.74) is 0.430. The fourth-order valence-corrected chi connectivity index (χ4v) is 8.34. The van der Waals surface area contributed by atoms with Crippen LogP contribution in [0.4, 0.5) is 10.8 Å². The molecule has 40 heavy (non-hydrogen) atoms. The number of nitrogens with zero attached hydrogens (tertiary/aromatic N) is 1. The molecule has 2 aromatic rings. The van der Waals surface area contributed by atoms with E-state index in [1.54, 1.807) is 5.38 Å². The molecule has 3 saturated heterocycles. The predicted molar refractivity (Wildman–Crippen MR) is 144 cm³/mol. The van der Waals surface area contributed by atoms with E-state index in [2.05, 4.69) is 15.0 Å². The van der Waals surface area contributed by atoms with Crippen molar-refractivity contribution in [3.63, 3.8) is 0 Å². The van der Waals surface area contributed by atoms with Crippen LogP contribution in [0.2, 0.25) is 0 Å². The highest BCUT2D eigenvalue weighted by molar-refractivity contribution is 7.93. The van der Waals surface area contributed by atoms with Crippen LogP contribution in [0.15, 0.2) is 40.7 Å². The first-order chi connectivity index (χ1) is 19.3. The number of hydrogen-bond acceptors (Lipinski definition) is 10. The summed E-state index contributed by atoms with van der Waals surface area (Å²) in [4.78, 5) is 17.6. The van der Waals surface area contributed by atoms with Crippen molar-refractivity contribution < 1.29 is 36.9 Å². The van der Waals surface area contributed by atoms with Gasteiger partial charge in [-0.15, -0.1) is 11.3 Å². The van der Waals surface area contributed by atoms with Crippen molar-refractivity contribution in [2.45, 2.75) is 111 Å². The van der Waals surface area contributed by atoms with Crippen LogP contribution < -0.4 is 10.0 Å². The Hall–Kier alpha value is -2.13. The molecule has 3 aliphatic heterocycles. The van der Waals surface area contributed by atoms with E-state index >= 15 is 0 Å². The summed E-state index contributed by atoms with van der Waals surface area (Å²) in [6.07, 6.45) is 7.62. The number of aromatic nitrogens is 1. The molecule has 216 valence electrons. The normalized spacial score (nSPS) is 32.5. The lowest BCUT2D eigenvalue weighted by Gasteiger charge is -2.36. The van der Waals surface area contributed by atoms with Gasteiger partial charge in [-0.2, -0.15) is 0 Å². The van der Waals surface area contributed by atoms with Gasteiger partial charge in [-0.05, 0) is 49.9 Å². The molecule has 11 nitrogen and oxygen atoms in total. The summed E-state index contributed by atoms with van der Waals surface area (Å²) in [5.74, 6) is -1.85. The number of ether oxygens (including phenoxy) is 5. The quantitative estimate of drug-likeness (QED) is 0.526. The van der Waals surface area contributed by atoms with E-state index in [1.807, 2.05) is 0 Å². The van der Waals surface area contributed by atoms with Crippen LogP contribution >= 0.6 is 11.3 Å². The number of amides is 1. The minimum absolute atomic E-state index is 0.0542. The van der Waals surface area contributed by atoms with Gasteiger partial charge in [-0.1, -0.05) is 12.8 Å². The van der Waals surface area contributed by atoms with Crippen molar-refractivity contribution >= 4 is 38.1 Å². The third-order valence-corrected chi connectivity index (χ3v) is 10.6. The van der Waals surface area contributed by atoms with Crippen molar-refractivity contribution in [2.75, 3.05) is 10.0 Å². The lowest BCUT2D eigenvalue weighted by Crippen LogP contribution is -2.58. The second-order valence-electron chi connectivity index (χ2n) is 11.2. The van der Waals surface area contributed by atoms with Crippen molar-refractivity contribution in [1.82, 2.24) is 4.98 Å². The molecule has 7 rings (SSSR count). The summed E-state index contributed by atoms with van der Waals surface area (Å²) in [5, 5.41) is 4.83. The first kappa shape index (κ1) is 26.7. The highest BCUT2D eigenvalue weighted by atomic mass is 32.2. The second-order valence-corrected chi connectivity index (χ2v) is 13.8. The summed E-state index contributed by atoms with van der Waals surface area (Å²) in [7, 11) is -3.81. The lowest BCUT2D eigenvalue weighted by atomic mass is 9.94. The lowest BCUT2D eigenvalue weighted by molar-refractivity contribution is -0.246. The predicted octanol–water partition coefficient (Wildman–Crippen LogP) is 4.13. The highest BCUT2D eigenvalue weighted by Gasteiger charge is 2.65. The molecule has 5 fully saturated rings. The molecule has 5 atom stereocenters. The number of benzene rings is 1. The van der Waals surface area contributed by atoms with Crippen molar-refractivity contribution in [1.29, 1.82) is 0 Å². The molecule has 2 N–H and O–H groups in total. The molecule has 0 radical (unpaired) electrons. The fourth-order valence-electron chi connectivity index (χ4n) is 6.55. The maximum atomic E-state index is 13.6. The number of fused-ring (bicyclic) bond motifs is 3. The van der Waals surface area contributed by atoms with Gasteiger partial charge in [0.2, 0.25) is 0 Å². The molecule has 4 heterocycles. The van der Waals surface area contributed by atoms with E-state index < -0.39 is 58.2 Å². The Kier molecular flexibility index (Phi) is 6.89. The van der Waals surface area contributed by atoms with Crippen LogP contribution in [0.5, 0.6) is 0 Å². The number of anilines is 2.